The molecular formula is C25H22BrN3O2S. The zero-order valence-corrected chi connectivity index (χ0v) is 20.0. The minimum Gasteiger partial charge on any atom is -0.496 e. The van der Waals surface area contributed by atoms with Crippen molar-refractivity contribution in [3.05, 3.63) is 99.5 Å². The Hall–Kier alpha value is -3.16. The molecule has 5 nitrogen and oxygen atoms in total. The third kappa shape index (κ3) is 4.69. The summed E-state index contributed by atoms with van der Waals surface area (Å²) in [5, 5.41) is 9.95. The number of thiocarbonyl (C=S) groups is 1. The first-order valence-electron chi connectivity index (χ1n) is 10.0. The summed E-state index contributed by atoms with van der Waals surface area (Å²) < 4.78 is 6.16. The zero-order valence-electron chi connectivity index (χ0n) is 17.6. The summed E-state index contributed by atoms with van der Waals surface area (Å²) in [7, 11) is 1.62. The SMILES string of the molecule is COc1ccc(C2NC(=S)NC(c3ccccc3)=C2C(=O)Nc2ccc(C)cc2)cc1Br. The fourth-order valence-electron chi connectivity index (χ4n) is 3.59. The summed E-state index contributed by atoms with van der Waals surface area (Å²) in [4.78, 5) is 13.6. The Morgan fingerprint density at radius 2 is 1.78 bits per heavy atom. The molecule has 3 aromatic carbocycles. The smallest absolute Gasteiger partial charge is 0.256 e. The van der Waals surface area contributed by atoms with Crippen LogP contribution in [0.15, 0.2) is 82.8 Å². The van der Waals surface area contributed by atoms with E-state index in [1.165, 1.54) is 0 Å². The van der Waals surface area contributed by atoms with Crippen molar-refractivity contribution < 1.29 is 9.53 Å². The summed E-state index contributed by atoms with van der Waals surface area (Å²) in [6.45, 7) is 2.01. The Morgan fingerprint density at radius 1 is 1.06 bits per heavy atom. The van der Waals surface area contributed by atoms with Gasteiger partial charge >= 0.3 is 0 Å². The van der Waals surface area contributed by atoms with Crippen LogP contribution in [-0.4, -0.2) is 18.1 Å². The maximum absolute atomic E-state index is 13.6. The highest BCUT2D eigenvalue weighted by molar-refractivity contribution is 9.10. The summed E-state index contributed by atoms with van der Waals surface area (Å²) in [6, 6.07) is 22.7. The van der Waals surface area contributed by atoms with Gasteiger partial charge in [0, 0.05) is 5.69 Å². The first-order valence-corrected chi connectivity index (χ1v) is 11.2. The topological polar surface area (TPSA) is 62.4 Å². The van der Waals surface area contributed by atoms with Gasteiger partial charge in [0.05, 0.1) is 28.9 Å². The van der Waals surface area contributed by atoms with Crippen molar-refractivity contribution in [1.82, 2.24) is 10.6 Å². The number of carbonyl (C=O) groups is 1. The Labute approximate surface area is 201 Å². The molecule has 0 fully saturated rings. The van der Waals surface area contributed by atoms with Crippen molar-refractivity contribution in [2.24, 2.45) is 0 Å². The van der Waals surface area contributed by atoms with E-state index in [9.17, 15) is 4.79 Å². The summed E-state index contributed by atoms with van der Waals surface area (Å²) in [5.74, 6) is 0.496. The highest BCUT2D eigenvalue weighted by Crippen LogP contribution is 2.35. The molecule has 3 aromatic rings. The van der Waals surface area contributed by atoms with Crippen molar-refractivity contribution in [2.45, 2.75) is 13.0 Å². The van der Waals surface area contributed by atoms with Crippen LogP contribution in [0.5, 0.6) is 5.75 Å². The van der Waals surface area contributed by atoms with E-state index in [1.54, 1.807) is 7.11 Å². The summed E-state index contributed by atoms with van der Waals surface area (Å²) in [5.41, 5.74) is 4.83. The average molecular weight is 508 g/mol. The molecule has 0 saturated heterocycles. The number of ether oxygens (including phenoxy) is 1. The van der Waals surface area contributed by atoms with Crippen molar-refractivity contribution in [1.29, 1.82) is 0 Å². The number of hydrogen-bond donors (Lipinski definition) is 3. The van der Waals surface area contributed by atoms with Gasteiger partial charge in [0.1, 0.15) is 5.75 Å². The number of nitrogens with one attached hydrogen (secondary N) is 3. The molecule has 0 saturated carbocycles. The molecule has 1 aliphatic rings. The van der Waals surface area contributed by atoms with E-state index in [0.717, 1.165) is 26.9 Å². The van der Waals surface area contributed by atoms with Gasteiger partial charge in [-0.2, -0.15) is 0 Å². The molecule has 7 heteroatoms. The fraction of sp³-hybridized carbons (Fsp3) is 0.120. The van der Waals surface area contributed by atoms with E-state index in [2.05, 4.69) is 31.9 Å². The molecule has 4 rings (SSSR count). The number of hydrogen-bond acceptors (Lipinski definition) is 3. The molecule has 0 spiro atoms. The lowest BCUT2D eigenvalue weighted by Gasteiger charge is -2.32. The average Bonchev–Trinajstić information content (AvgIpc) is 2.80. The van der Waals surface area contributed by atoms with Crippen LogP contribution in [0.1, 0.15) is 22.7 Å². The minimum atomic E-state index is -0.452. The predicted octanol–water partition coefficient (Wildman–Crippen LogP) is 5.33. The molecule has 1 amide bonds. The number of carbonyl (C=O) groups excluding carboxylic acids is 1. The molecule has 0 aliphatic carbocycles. The second-order valence-corrected chi connectivity index (χ2v) is 8.66. The Balaban J connectivity index is 1.83. The van der Waals surface area contributed by atoms with Gasteiger partial charge in [-0.3, -0.25) is 4.79 Å². The lowest BCUT2D eigenvalue weighted by Crippen LogP contribution is -2.45. The number of anilines is 1. The summed E-state index contributed by atoms with van der Waals surface area (Å²) in [6.07, 6.45) is 0. The first-order chi connectivity index (χ1) is 15.5. The molecule has 0 aromatic heterocycles. The number of methoxy groups -OCH3 is 1. The van der Waals surface area contributed by atoms with Crippen LogP contribution >= 0.6 is 28.1 Å². The van der Waals surface area contributed by atoms with Gasteiger partial charge in [-0.15, -0.1) is 0 Å². The van der Waals surface area contributed by atoms with Gasteiger partial charge in [0.25, 0.3) is 5.91 Å². The standard InChI is InChI=1S/C25H22BrN3O2S/c1-15-8-11-18(12-9-15)27-24(30)21-22(16-6-4-3-5-7-16)28-25(32)29-23(21)17-10-13-20(31-2)19(26)14-17/h3-14,23H,1-2H3,(H,27,30)(H2,28,29,32). The fourth-order valence-corrected chi connectivity index (χ4v) is 4.37. The highest BCUT2D eigenvalue weighted by Gasteiger charge is 2.32. The summed E-state index contributed by atoms with van der Waals surface area (Å²) >= 11 is 9.05. The monoisotopic (exact) mass is 507 g/mol. The molecule has 1 unspecified atom stereocenters. The maximum Gasteiger partial charge on any atom is 0.256 e. The maximum atomic E-state index is 13.6. The van der Waals surface area contributed by atoms with Crippen LogP contribution in [0.25, 0.3) is 5.70 Å². The molecule has 1 aliphatic heterocycles. The molecule has 162 valence electrons. The van der Waals surface area contributed by atoms with Gasteiger partial charge in [-0.1, -0.05) is 54.1 Å². The van der Waals surface area contributed by atoms with Gasteiger partial charge in [0.2, 0.25) is 0 Å². The largest absolute Gasteiger partial charge is 0.496 e. The Morgan fingerprint density at radius 3 is 2.44 bits per heavy atom. The first kappa shape index (κ1) is 22.0. The Bertz CT molecular complexity index is 1190. The number of benzene rings is 3. The van der Waals surface area contributed by atoms with E-state index in [-0.39, 0.29) is 5.91 Å². The van der Waals surface area contributed by atoms with Crippen molar-refractivity contribution in [3.63, 3.8) is 0 Å². The quantitative estimate of drug-likeness (QED) is 0.407. The van der Waals surface area contributed by atoms with Crippen molar-refractivity contribution in [2.75, 3.05) is 12.4 Å². The lowest BCUT2D eigenvalue weighted by atomic mass is 9.92. The number of rotatable bonds is 5. The second-order valence-electron chi connectivity index (χ2n) is 7.40. The van der Waals surface area contributed by atoms with Crippen molar-refractivity contribution >= 4 is 50.6 Å². The Kier molecular flexibility index (Phi) is 6.58. The molecule has 0 radical (unpaired) electrons. The van der Waals surface area contributed by atoms with Crippen LogP contribution in [0, 0.1) is 6.92 Å². The minimum absolute atomic E-state index is 0.216. The highest BCUT2D eigenvalue weighted by atomic mass is 79.9. The molecule has 1 atom stereocenters. The van der Waals surface area contributed by atoms with Gasteiger partial charge < -0.3 is 20.7 Å². The third-order valence-corrected chi connectivity index (χ3v) is 6.04. The van der Waals surface area contributed by atoms with Gasteiger partial charge in [-0.25, -0.2) is 0 Å². The normalized spacial score (nSPS) is 15.6. The number of aryl methyl sites for hydroxylation is 1. The molecule has 3 N–H and O–H groups in total. The van der Waals surface area contributed by atoms with Crippen LogP contribution in [0.2, 0.25) is 0 Å². The van der Waals surface area contributed by atoms with E-state index >= 15 is 0 Å². The van der Waals surface area contributed by atoms with Gasteiger partial charge in [-0.05, 0) is 70.5 Å². The van der Waals surface area contributed by atoms with E-state index in [0.29, 0.717) is 22.1 Å². The number of halogens is 1. The molecular weight excluding hydrogens is 486 g/mol. The molecule has 1 heterocycles. The van der Waals surface area contributed by atoms with Crippen LogP contribution in [0.4, 0.5) is 5.69 Å². The second kappa shape index (κ2) is 9.54. The molecule has 32 heavy (non-hydrogen) atoms. The van der Waals surface area contributed by atoms with Crippen molar-refractivity contribution in [3.8, 4) is 5.75 Å². The molecule has 0 bridgehead atoms. The van der Waals surface area contributed by atoms with Crippen LogP contribution in [0.3, 0.4) is 0 Å². The van der Waals surface area contributed by atoms with Crippen LogP contribution < -0.4 is 20.7 Å². The zero-order chi connectivity index (χ0) is 22.7. The lowest BCUT2D eigenvalue weighted by molar-refractivity contribution is -0.113. The number of amides is 1. The van der Waals surface area contributed by atoms with E-state index in [4.69, 9.17) is 17.0 Å². The third-order valence-electron chi connectivity index (χ3n) is 5.20. The van der Waals surface area contributed by atoms with E-state index < -0.39 is 6.04 Å². The van der Waals surface area contributed by atoms with Crippen LogP contribution in [-0.2, 0) is 4.79 Å². The predicted molar refractivity (Wildman–Crippen MR) is 135 cm³/mol. The van der Waals surface area contributed by atoms with Gasteiger partial charge in [0.15, 0.2) is 5.11 Å². The van der Waals surface area contributed by atoms with E-state index in [1.807, 2.05) is 79.7 Å².